The molecule has 34 heavy (non-hydrogen) atoms. The molecular formula is C27H25N3O3S. The van der Waals surface area contributed by atoms with Gasteiger partial charge in [0, 0.05) is 18.2 Å². The van der Waals surface area contributed by atoms with Crippen molar-refractivity contribution in [2.75, 3.05) is 5.32 Å². The Labute approximate surface area is 202 Å². The Morgan fingerprint density at radius 3 is 2.35 bits per heavy atom. The molecule has 1 amide bonds. The number of aryl methyl sites for hydroxylation is 1. The first-order valence-electron chi connectivity index (χ1n) is 11.0. The lowest BCUT2D eigenvalue weighted by molar-refractivity contribution is -0.114. The second kappa shape index (κ2) is 10.1. The van der Waals surface area contributed by atoms with E-state index in [1.54, 1.807) is 34.9 Å². The van der Waals surface area contributed by atoms with Crippen LogP contribution in [0.5, 0.6) is 0 Å². The highest BCUT2D eigenvalue weighted by atomic mass is 32.2. The number of benzene rings is 3. The molecule has 0 saturated carbocycles. The fourth-order valence-electron chi connectivity index (χ4n) is 3.62. The van der Waals surface area contributed by atoms with E-state index in [1.807, 2.05) is 56.3 Å². The molecule has 1 aromatic heterocycles. The molecule has 0 spiro atoms. The summed E-state index contributed by atoms with van der Waals surface area (Å²) in [6.07, 6.45) is 0. The topological polar surface area (TPSA) is 81.1 Å². The third-order valence-electron chi connectivity index (χ3n) is 5.43. The van der Waals surface area contributed by atoms with Crippen molar-refractivity contribution in [3.63, 3.8) is 0 Å². The minimum absolute atomic E-state index is 0.0799. The Bertz CT molecular complexity index is 1410. The maximum Gasteiger partial charge on any atom is 0.262 e. The van der Waals surface area contributed by atoms with Gasteiger partial charge < -0.3 is 5.32 Å². The van der Waals surface area contributed by atoms with E-state index < -0.39 is 5.25 Å². The van der Waals surface area contributed by atoms with E-state index in [1.165, 1.54) is 18.7 Å². The highest BCUT2D eigenvalue weighted by Gasteiger charge is 2.21. The second-order valence-electron chi connectivity index (χ2n) is 8.17. The van der Waals surface area contributed by atoms with Gasteiger partial charge in [0.1, 0.15) is 0 Å². The van der Waals surface area contributed by atoms with Crippen LogP contribution in [0.3, 0.4) is 0 Å². The van der Waals surface area contributed by atoms with Gasteiger partial charge in [-0.25, -0.2) is 4.98 Å². The lowest BCUT2D eigenvalue weighted by Gasteiger charge is -2.16. The van der Waals surface area contributed by atoms with Gasteiger partial charge in [-0.05, 0) is 55.8 Å². The number of Topliss-reactive ketones (excluding diaryl/α,β-unsaturated/α-hetero) is 1. The highest BCUT2D eigenvalue weighted by Crippen LogP contribution is 2.26. The average Bonchev–Trinajstić information content (AvgIpc) is 2.82. The molecule has 1 heterocycles. The van der Waals surface area contributed by atoms with Gasteiger partial charge in [-0.2, -0.15) is 0 Å². The molecule has 0 saturated heterocycles. The number of carbonyl (C=O) groups excluding carboxylic acids is 2. The van der Waals surface area contributed by atoms with Crippen molar-refractivity contribution < 1.29 is 9.59 Å². The van der Waals surface area contributed by atoms with Crippen LogP contribution in [0.4, 0.5) is 5.69 Å². The number of aromatic nitrogens is 2. The number of hydrogen-bond donors (Lipinski definition) is 1. The number of para-hydroxylation sites is 1. The van der Waals surface area contributed by atoms with Gasteiger partial charge in [-0.3, -0.25) is 19.0 Å². The number of fused-ring (bicyclic) bond motifs is 1. The van der Waals surface area contributed by atoms with Gasteiger partial charge in [-0.15, -0.1) is 0 Å². The zero-order valence-corrected chi connectivity index (χ0v) is 20.1. The normalized spacial score (nSPS) is 11.9. The summed E-state index contributed by atoms with van der Waals surface area (Å²) < 4.78 is 1.64. The van der Waals surface area contributed by atoms with Crippen LogP contribution in [0.2, 0.25) is 0 Å². The first kappa shape index (κ1) is 23.4. The summed E-state index contributed by atoms with van der Waals surface area (Å²) in [7, 11) is 0. The van der Waals surface area contributed by atoms with Gasteiger partial charge in [0.15, 0.2) is 10.9 Å². The first-order valence-corrected chi connectivity index (χ1v) is 11.8. The van der Waals surface area contributed by atoms with Crippen LogP contribution < -0.4 is 10.9 Å². The molecule has 0 bridgehead atoms. The molecule has 0 fully saturated rings. The van der Waals surface area contributed by atoms with E-state index >= 15 is 0 Å². The quantitative estimate of drug-likeness (QED) is 0.231. The Morgan fingerprint density at radius 2 is 1.68 bits per heavy atom. The number of rotatable bonds is 7. The molecule has 0 aliphatic rings. The lowest BCUT2D eigenvalue weighted by atomic mass is 10.1. The van der Waals surface area contributed by atoms with Crippen LogP contribution >= 0.6 is 11.8 Å². The van der Waals surface area contributed by atoms with Crippen LogP contribution in [0, 0.1) is 6.92 Å². The fourth-order valence-corrected chi connectivity index (χ4v) is 4.61. The Kier molecular flexibility index (Phi) is 6.93. The van der Waals surface area contributed by atoms with Crippen molar-refractivity contribution in [2.45, 2.75) is 37.7 Å². The molecule has 172 valence electrons. The zero-order chi connectivity index (χ0) is 24.2. The molecule has 1 unspecified atom stereocenters. The van der Waals surface area contributed by atoms with Gasteiger partial charge in [0.2, 0.25) is 5.91 Å². The average molecular weight is 472 g/mol. The molecule has 0 aliphatic carbocycles. The predicted octanol–water partition coefficient (Wildman–Crippen LogP) is 5.08. The first-order chi connectivity index (χ1) is 16.3. The molecule has 0 radical (unpaired) electrons. The molecule has 4 aromatic rings. The SMILES string of the molecule is CC(=O)Nc1ccc(C(=O)C(C)Sc2nc3ccccc3c(=O)n2Cc2ccc(C)cc2)cc1. The minimum atomic E-state index is -0.469. The number of amides is 1. The number of thioether (sulfide) groups is 1. The summed E-state index contributed by atoms with van der Waals surface area (Å²) in [5.41, 5.74) is 3.77. The van der Waals surface area contributed by atoms with Gasteiger partial charge >= 0.3 is 0 Å². The molecule has 4 rings (SSSR count). The number of nitrogens with zero attached hydrogens (tertiary/aromatic N) is 2. The number of carbonyl (C=O) groups is 2. The van der Waals surface area contributed by atoms with Crippen molar-refractivity contribution >= 4 is 40.0 Å². The molecule has 1 N–H and O–H groups in total. The van der Waals surface area contributed by atoms with E-state index in [0.717, 1.165) is 11.1 Å². The number of ketones is 1. The molecule has 0 aliphatic heterocycles. The largest absolute Gasteiger partial charge is 0.326 e. The molecule has 3 aromatic carbocycles. The van der Waals surface area contributed by atoms with Crippen LogP contribution in [-0.4, -0.2) is 26.5 Å². The van der Waals surface area contributed by atoms with Crippen LogP contribution in [-0.2, 0) is 11.3 Å². The van der Waals surface area contributed by atoms with Gasteiger partial charge in [-0.1, -0.05) is 53.7 Å². The lowest BCUT2D eigenvalue weighted by Crippen LogP contribution is -2.25. The minimum Gasteiger partial charge on any atom is -0.326 e. The van der Waals surface area contributed by atoms with Crippen LogP contribution in [0.1, 0.15) is 35.3 Å². The standard InChI is InChI=1S/C27H25N3O3S/c1-17-8-10-20(11-9-17)16-30-26(33)23-6-4-5-7-24(23)29-27(30)34-18(2)25(32)21-12-14-22(15-13-21)28-19(3)31/h4-15,18H,16H2,1-3H3,(H,28,31). The summed E-state index contributed by atoms with van der Waals surface area (Å²) in [4.78, 5) is 42.4. The monoisotopic (exact) mass is 471 g/mol. The fraction of sp³-hybridized carbons (Fsp3) is 0.185. The third kappa shape index (κ3) is 5.26. The van der Waals surface area contributed by atoms with Crippen molar-refractivity contribution in [3.8, 4) is 0 Å². The smallest absolute Gasteiger partial charge is 0.262 e. The molecule has 6 nitrogen and oxygen atoms in total. The number of anilines is 1. The third-order valence-corrected chi connectivity index (χ3v) is 6.52. The molecular weight excluding hydrogens is 446 g/mol. The van der Waals surface area contributed by atoms with Crippen molar-refractivity contribution in [1.29, 1.82) is 0 Å². The van der Waals surface area contributed by atoms with E-state index in [4.69, 9.17) is 4.98 Å². The van der Waals surface area contributed by atoms with Crippen molar-refractivity contribution in [2.24, 2.45) is 0 Å². The predicted molar refractivity (Wildman–Crippen MR) is 137 cm³/mol. The van der Waals surface area contributed by atoms with Crippen LogP contribution in [0.15, 0.2) is 82.7 Å². The molecule has 1 atom stereocenters. The number of nitrogens with one attached hydrogen (secondary N) is 1. The second-order valence-corrected chi connectivity index (χ2v) is 9.48. The Morgan fingerprint density at radius 1 is 1.00 bits per heavy atom. The zero-order valence-electron chi connectivity index (χ0n) is 19.2. The summed E-state index contributed by atoms with van der Waals surface area (Å²) in [6, 6.07) is 22.1. The maximum atomic E-state index is 13.4. The van der Waals surface area contributed by atoms with E-state index in [0.29, 0.717) is 33.9 Å². The Balaban J connectivity index is 1.65. The van der Waals surface area contributed by atoms with E-state index in [-0.39, 0.29) is 17.2 Å². The summed E-state index contributed by atoms with van der Waals surface area (Å²) in [6.45, 7) is 5.63. The van der Waals surface area contributed by atoms with Crippen molar-refractivity contribution in [3.05, 3.63) is 99.8 Å². The Hall–Kier alpha value is -3.71. The number of hydrogen-bond acceptors (Lipinski definition) is 5. The van der Waals surface area contributed by atoms with Gasteiger partial charge in [0.05, 0.1) is 22.7 Å². The maximum absolute atomic E-state index is 13.4. The van der Waals surface area contributed by atoms with E-state index in [9.17, 15) is 14.4 Å². The molecule has 7 heteroatoms. The van der Waals surface area contributed by atoms with Gasteiger partial charge in [0.25, 0.3) is 5.56 Å². The summed E-state index contributed by atoms with van der Waals surface area (Å²) in [5.74, 6) is -0.249. The van der Waals surface area contributed by atoms with Crippen molar-refractivity contribution in [1.82, 2.24) is 9.55 Å². The summed E-state index contributed by atoms with van der Waals surface area (Å²) >= 11 is 1.27. The highest BCUT2D eigenvalue weighted by molar-refractivity contribution is 8.00. The summed E-state index contributed by atoms with van der Waals surface area (Å²) in [5, 5.41) is 3.27. The van der Waals surface area contributed by atoms with Crippen LogP contribution in [0.25, 0.3) is 10.9 Å². The van der Waals surface area contributed by atoms with E-state index in [2.05, 4.69) is 5.32 Å².